The van der Waals surface area contributed by atoms with Crippen molar-refractivity contribution in [1.82, 2.24) is 4.90 Å². The first-order valence-electron chi connectivity index (χ1n) is 23.2. The molecule has 65 heavy (non-hydrogen) atoms. The van der Waals surface area contributed by atoms with Crippen LogP contribution in [0.5, 0.6) is 23.0 Å². The highest BCUT2D eigenvalue weighted by molar-refractivity contribution is 5.82. The van der Waals surface area contributed by atoms with Crippen LogP contribution < -0.4 is 18.9 Å². The molecule has 0 aliphatic carbocycles. The lowest BCUT2D eigenvalue weighted by molar-refractivity contribution is -0.660. The first-order chi connectivity index (χ1) is 31.2. The SMILES string of the molecule is CC1(C)Oc2ccccc2C=[N+]1CCN1CCCCC1.CC1(C)Oc2ccccc2C=[N+]1CCO.CC12OCC[N+]1=Cc1ccccc1O2.COCC[N+]1=Cc2ccccc2OC1(C)C. The highest BCUT2D eigenvalue weighted by atomic mass is 16.7. The number of nitrogens with zero attached hydrogens (tertiary/aromatic N) is 5. The monoisotopic (exact) mass is 890 g/mol. The minimum Gasteiger partial charge on any atom is -0.431 e. The topological polar surface area (TPSA) is 90.9 Å². The Balaban J connectivity index is 0.000000130. The fourth-order valence-corrected chi connectivity index (χ4v) is 8.67. The molecule has 1 unspecified atom stereocenters. The summed E-state index contributed by atoms with van der Waals surface area (Å²) in [5.74, 6) is 3.15. The van der Waals surface area contributed by atoms with Gasteiger partial charge < -0.3 is 28.8 Å². The van der Waals surface area contributed by atoms with Gasteiger partial charge in [-0.1, -0.05) is 55.0 Å². The fraction of sp³-hybridized carbons (Fsp3) is 0.472. The first kappa shape index (κ1) is 47.6. The van der Waals surface area contributed by atoms with Crippen LogP contribution in [-0.2, 0) is 9.47 Å². The molecule has 4 aromatic carbocycles. The van der Waals surface area contributed by atoms with Crippen molar-refractivity contribution >= 4 is 24.9 Å². The maximum absolute atomic E-state index is 8.98. The minimum atomic E-state index is -0.589. The first-order valence-corrected chi connectivity index (χ1v) is 23.2. The van der Waals surface area contributed by atoms with Crippen molar-refractivity contribution in [3.8, 4) is 23.0 Å². The predicted octanol–water partition coefficient (Wildman–Crippen LogP) is 7.08. The number of ether oxygens (including phenoxy) is 6. The maximum atomic E-state index is 8.98. The van der Waals surface area contributed by atoms with Crippen LogP contribution in [0.1, 0.15) is 90.0 Å². The number of aliphatic hydroxyl groups excluding tert-OH is 1. The van der Waals surface area contributed by atoms with Crippen LogP contribution >= 0.6 is 0 Å². The van der Waals surface area contributed by atoms with Crippen molar-refractivity contribution in [3.05, 3.63) is 119 Å². The smallest absolute Gasteiger partial charge is 0.425 e. The number of fused-ring (bicyclic) bond motifs is 5. The number of β-amino-alcohol motifs (C(OH)–C–C–N with tert-alkyl or cyclic N) is 1. The molecule has 6 aliphatic heterocycles. The molecule has 0 amide bonds. The number of hydrogen-bond donors (Lipinski definition) is 1. The van der Waals surface area contributed by atoms with E-state index in [1.807, 2.05) is 104 Å². The van der Waals surface area contributed by atoms with E-state index < -0.39 is 11.6 Å². The quantitative estimate of drug-likeness (QED) is 0.188. The third-order valence-electron chi connectivity index (χ3n) is 12.5. The van der Waals surface area contributed by atoms with Gasteiger partial charge in [0.1, 0.15) is 42.8 Å². The van der Waals surface area contributed by atoms with Gasteiger partial charge in [0, 0.05) is 48.7 Å². The third-order valence-corrected chi connectivity index (χ3v) is 12.5. The van der Waals surface area contributed by atoms with Gasteiger partial charge in [-0.2, -0.15) is 18.3 Å². The molecule has 4 aromatic rings. The van der Waals surface area contributed by atoms with Crippen molar-refractivity contribution < 1.29 is 51.8 Å². The summed E-state index contributed by atoms with van der Waals surface area (Å²) in [6.07, 6.45) is 12.6. The largest absolute Gasteiger partial charge is 0.431 e. The molecular formula is C53H71N5O7+4. The maximum Gasteiger partial charge on any atom is 0.425 e. The average molecular weight is 890 g/mol. The van der Waals surface area contributed by atoms with E-state index in [1.54, 1.807) is 7.11 Å². The van der Waals surface area contributed by atoms with Gasteiger partial charge in [-0.3, -0.25) is 9.64 Å². The van der Waals surface area contributed by atoms with E-state index in [1.165, 1.54) is 37.9 Å². The number of rotatable bonds is 8. The van der Waals surface area contributed by atoms with Gasteiger partial charge in [-0.15, -0.1) is 0 Å². The number of piperidine rings is 1. The van der Waals surface area contributed by atoms with Crippen molar-refractivity contribution in [3.63, 3.8) is 0 Å². The third kappa shape index (κ3) is 11.9. The highest BCUT2D eigenvalue weighted by Crippen LogP contribution is 2.31. The van der Waals surface area contributed by atoms with Crippen LogP contribution in [0, 0.1) is 0 Å². The highest BCUT2D eigenvalue weighted by Gasteiger charge is 2.48. The zero-order valence-electron chi connectivity index (χ0n) is 39.9. The van der Waals surface area contributed by atoms with E-state index in [0.717, 1.165) is 72.5 Å². The number of likely N-dealkylation sites (tertiary alicyclic amines) is 1. The molecule has 0 spiro atoms. The van der Waals surface area contributed by atoms with Gasteiger partial charge in [-0.25, -0.2) is 0 Å². The second-order valence-corrected chi connectivity index (χ2v) is 18.6. The Bertz CT molecular complexity index is 2380. The van der Waals surface area contributed by atoms with Gasteiger partial charge in [0.2, 0.25) is 0 Å². The molecule has 0 saturated carbocycles. The lowest BCUT2D eigenvalue weighted by Crippen LogP contribution is -2.48. The Kier molecular flexibility index (Phi) is 15.2. The van der Waals surface area contributed by atoms with Crippen LogP contribution in [0.2, 0.25) is 0 Å². The standard InChI is InChI=1S/C17H25N2O.C13H18NO2.C12H16NO2.C11H12NO2/c1-17(2)19(13-12-18-10-6-3-7-11-18)14-15-8-4-5-9-16(15)20-17;1-13(2)14(8-9-15-3)10-11-6-4-5-7-12(11)16-13;1-12(2)13(7-8-14)9-10-5-3-4-6-11(10)15-12;1-11-12(6-7-13-11)8-9-4-2-3-5-10(9)14-11/h4-5,8-9,14H,3,6-7,10-13H2,1-2H3;4-7,10H,8-9H2,1-3H3;3-6,9,14H,7-8H2,1-2H3;2-5,8H,6-7H2,1H3/q4*+1. The van der Waals surface area contributed by atoms with Gasteiger partial charge in [-0.05, 0) is 74.5 Å². The van der Waals surface area contributed by atoms with E-state index >= 15 is 0 Å². The van der Waals surface area contributed by atoms with Crippen molar-refractivity contribution in [2.45, 2.75) is 90.8 Å². The summed E-state index contributed by atoms with van der Waals surface area (Å²) < 4.78 is 43.1. The van der Waals surface area contributed by atoms with Crippen LogP contribution in [0.25, 0.3) is 0 Å². The van der Waals surface area contributed by atoms with Crippen molar-refractivity contribution in [2.75, 3.05) is 72.7 Å². The summed E-state index contributed by atoms with van der Waals surface area (Å²) in [6.45, 7) is 22.9. The molecule has 12 heteroatoms. The van der Waals surface area contributed by atoms with E-state index in [2.05, 4.69) is 89.2 Å². The molecule has 2 saturated heterocycles. The summed E-state index contributed by atoms with van der Waals surface area (Å²) in [7, 11) is 1.71. The Hall–Kier alpha value is -5.40. The summed E-state index contributed by atoms with van der Waals surface area (Å²) in [6, 6.07) is 32.3. The zero-order chi connectivity index (χ0) is 46.1. The number of benzene rings is 4. The normalized spacial score (nSPS) is 21.2. The second kappa shape index (κ2) is 20.8. The molecule has 10 rings (SSSR count). The molecule has 1 atom stereocenters. The van der Waals surface area contributed by atoms with Crippen LogP contribution in [0.3, 0.4) is 0 Å². The Morgan fingerprint density at radius 2 is 0.954 bits per heavy atom. The molecule has 6 heterocycles. The van der Waals surface area contributed by atoms with Gasteiger partial charge in [0.25, 0.3) is 0 Å². The van der Waals surface area contributed by atoms with E-state index in [-0.39, 0.29) is 18.1 Å². The average Bonchev–Trinajstić information content (AvgIpc) is 3.67. The van der Waals surface area contributed by atoms with E-state index in [0.29, 0.717) is 13.2 Å². The molecule has 0 bridgehead atoms. The predicted molar refractivity (Wildman–Crippen MR) is 255 cm³/mol. The molecule has 6 aliphatic rings. The number of para-hydroxylation sites is 4. The Morgan fingerprint density at radius 3 is 1.42 bits per heavy atom. The summed E-state index contributed by atoms with van der Waals surface area (Å²) in [5.41, 5.74) is 3.53. The summed E-state index contributed by atoms with van der Waals surface area (Å²) >= 11 is 0. The second-order valence-electron chi connectivity index (χ2n) is 18.6. The fourth-order valence-electron chi connectivity index (χ4n) is 8.67. The van der Waals surface area contributed by atoms with Crippen LogP contribution in [0.15, 0.2) is 97.1 Å². The summed E-state index contributed by atoms with van der Waals surface area (Å²) in [5, 5.41) is 8.98. The molecule has 0 radical (unpaired) electrons. The number of methoxy groups -OCH3 is 1. The van der Waals surface area contributed by atoms with Crippen LogP contribution in [0.4, 0.5) is 0 Å². The molecule has 12 nitrogen and oxygen atoms in total. The zero-order valence-corrected chi connectivity index (χ0v) is 39.9. The minimum absolute atomic E-state index is 0.130. The Labute approximate surface area is 386 Å². The summed E-state index contributed by atoms with van der Waals surface area (Å²) in [4.78, 5) is 2.58. The molecule has 1 N–H and O–H groups in total. The lowest BCUT2D eigenvalue weighted by Gasteiger charge is -2.31. The molecule has 346 valence electrons. The van der Waals surface area contributed by atoms with Gasteiger partial charge in [0.15, 0.2) is 51.0 Å². The Morgan fingerprint density at radius 1 is 0.538 bits per heavy atom. The lowest BCUT2D eigenvalue weighted by atomic mass is 10.1. The molecular weight excluding hydrogens is 819 g/mol. The van der Waals surface area contributed by atoms with Gasteiger partial charge in [0.05, 0.1) is 35.7 Å². The van der Waals surface area contributed by atoms with Gasteiger partial charge >= 0.3 is 23.1 Å². The van der Waals surface area contributed by atoms with Crippen molar-refractivity contribution in [2.24, 2.45) is 0 Å². The van der Waals surface area contributed by atoms with Crippen LogP contribution in [-0.4, -0.2) is 149 Å². The van der Waals surface area contributed by atoms with E-state index in [4.69, 9.17) is 33.5 Å². The molecule has 2 fully saturated rings. The molecule has 0 aromatic heterocycles. The number of aliphatic hydroxyl groups is 1. The van der Waals surface area contributed by atoms with Crippen molar-refractivity contribution in [1.29, 1.82) is 0 Å². The van der Waals surface area contributed by atoms with E-state index in [9.17, 15) is 0 Å². The number of hydrogen-bond acceptors (Lipinski definition) is 8.